The van der Waals surface area contributed by atoms with E-state index >= 15 is 0 Å². The van der Waals surface area contributed by atoms with E-state index < -0.39 is 0 Å². The van der Waals surface area contributed by atoms with Gasteiger partial charge in [-0.1, -0.05) is 36.4 Å². The van der Waals surface area contributed by atoms with Crippen molar-refractivity contribution in [2.45, 2.75) is 0 Å². The molecule has 0 aliphatic carbocycles. The van der Waals surface area contributed by atoms with Crippen LogP contribution in [-0.2, 0) is 4.79 Å². The minimum absolute atomic E-state index is 2.00. The zero-order valence-corrected chi connectivity index (χ0v) is 4.45. The van der Waals surface area contributed by atoms with E-state index in [1.54, 1.807) is 0 Å². The van der Waals surface area contributed by atoms with Gasteiger partial charge in [-0.25, -0.2) is 0 Å². The monoisotopic (exact) mass is 107 g/mol. The van der Waals surface area contributed by atoms with E-state index in [0.29, 0.717) is 0 Å². The molecule has 1 nitrogen and oxygen atoms in total. The minimum Gasteiger partial charge on any atom is -0.0623 e. The van der Waals surface area contributed by atoms with Crippen molar-refractivity contribution in [3.63, 3.8) is 0 Å². The maximum Gasteiger partial charge on any atom is 0.490 e. The molecule has 1 heteroatoms. The molecule has 0 N–H and O–H groups in total. The second-order valence-electron chi connectivity index (χ2n) is 1.15. The molecule has 0 aromatic heterocycles. The molecule has 0 heterocycles. The Hall–Kier alpha value is -1.20. The van der Waals surface area contributed by atoms with Gasteiger partial charge in [0.25, 0.3) is 0 Å². The Labute approximate surface area is 49.0 Å². The summed E-state index contributed by atoms with van der Waals surface area (Å²) in [7, 11) is 0. The van der Waals surface area contributed by atoms with Crippen LogP contribution >= 0.6 is 0 Å². The molecule has 0 aliphatic rings. The second kappa shape index (κ2) is 5.80. The quantitative estimate of drug-likeness (QED) is 0.362. The molecule has 0 atom stereocenters. The van der Waals surface area contributed by atoms with Gasteiger partial charge < -0.3 is 0 Å². The number of hydrogen-bond donors (Lipinski definition) is 0. The average molecular weight is 107 g/mol. The molecular formula is C7H7O+. The van der Waals surface area contributed by atoms with Gasteiger partial charge in [-0.3, -0.25) is 0 Å². The summed E-state index contributed by atoms with van der Waals surface area (Å²) in [5, 5.41) is 0. The zero-order chi connectivity index (χ0) is 6.24. The highest BCUT2D eigenvalue weighted by atomic mass is 16.1. The number of rotatable bonds is 0. The molecule has 40 valence electrons. The van der Waals surface area contributed by atoms with Crippen LogP contribution < -0.4 is 0 Å². The second-order valence-corrected chi connectivity index (χ2v) is 1.15. The lowest BCUT2D eigenvalue weighted by Gasteiger charge is -1.69. The van der Waals surface area contributed by atoms with Crippen molar-refractivity contribution in [1.82, 2.24) is 0 Å². The van der Waals surface area contributed by atoms with E-state index in [2.05, 4.69) is 6.79 Å². The summed E-state index contributed by atoms with van der Waals surface area (Å²) in [6.07, 6.45) is 0. The van der Waals surface area contributed by atoms with Gasteiger partial charge in [-0.05, 0) is 0 Å². The highest BCUT2D eigenvalue weighted by Gasteiger charge is 1.57. The molecule has 1 aromatic carbocycles. The van der Waals surface area contributed by atoms with Crippen molar-refractivity contribution < 1.29 is 4.79 Å². The summed E-state index contributed by atoms with van der Waals surface area (Å²) < 4.78 is 0. The van der Waals surface area contributed by atoms with Gasteiger partial charge in [-0.2, -0.15) is 0 Å². The molecule has 0 aliphatic heterocycles. The molecule has 0 unspecified atom stereocenters. The van der Waals surface area contributed by atoms with Gasteiger partial charge in [0, 0.05) is 4.79 Å². The van der Waals surface area contributed by atoms with Crippen LogP contribution in [0.2, 0.25) is 0 Å². The third-order valence-electron chi connectivity index (χ3n) is 0.667. The summed E-state index contributed by atoms with van der Waals surface area (Å²) in [4.78, 5) is 7.75. The first-order chi connectivity index (χ1) is 4.00. The Morgan fingerprint density at radius 3 is 0.875 bits per heavy atom. The van der Waals surface area contributed by atoms with Gasteiger partial charge in [0.15, 0.2) is 0 Å². The van der Waals surface area contributed by atoms with Gasteiger partial charge in [-0.15, -0.1) is 0 Å². The lowest BCUT2D eigenvalue weighted by atomic mass is 10.4. The van der Waals surface area contributed by atoms with Gasteiger partial charge >= 0.3 is 6.79 Å². The highest BCUT2D eigenvalue weighted by Crippen LogP contribution is 1.79. The van der Waals surface area contributed by atoms with E-state index in [9.17, 15) is 0 Å². The molecule has 0 radical (unpaired) electrons. The first-order valence-corrected chi connectivity index (χ1v) is 2.24. The largest absolute Gasteiger partial charge is 0.490 e. The van der Waals surface area contributed by atoms with Crippen LogP contribution in [0, 0.1) is 0 Å². The van der Waals surface area contributed by atoms with E-state index in [-0.39, 0.29) is 0 Å². The Morgan fingerprint density at radius 1 is 0.625 bits per heavy atom. The molecule has 0 saturated carbocycles. The lowest BCUT2D eigenvalue weighted by Crippen LogP contribution is -1.47. The molecule has 0 bridgehead atoms. The first kappa shape index (κ1) is 6.80. The minimum atomic E-state index is 2.00. The van der Waals surface area contributed by atoms with Crippen molar-refractivity contribution >= 4 is 6.79 Å². The third kappa shape index (κ3) is 3.01. The van der Waals surface area contributed by atoms with Crippen molar-refractivity contribution in [3.8, 4) is 0 Å². The molecular weight excluding hydrogens is 100 g/mol. The fourth-order valence-corrected chi connectivity index (χ4v) is 0.385. The van der Waals surface area contributed by atoms with E-state index in [1.165, 1.54) is 0 Å². The lowest BCUT2D eigenvalue weighted by molar-refractivity contribution is 0.574. The van der Waals surface area contributed by atoms with Crippen LogP contribution in [0.4, 0.5) is 0 Å². The fourth-order valence-electron chi connectivity index (χ4n) is 0.385. The molecule has 1 rings (SSSR count). The smallest absolute Gasteiger partial charge is 0.0623 e. The Kier molecular flexibility index (Phi) is 4.93. The van der Waals surface area contributed by atoms with Crippen molar-refractivity contribution in [1.29, 1.82) is 0 Å². The highest BCUT2D eigenvalue weighted by molar-refractivity contribution is 5.12. The number of carbonyl (C=O) groups excluding carboxylic acids is 1. The van der Waals surface area contributed by atoms with Crippen LogP contribution in [0.15, 0.2) is 36.4 Å². The predicted molar refractivity (Wildman–Crippen MR) is 33.2 cm³/mol. The van der Waals surface area contributed by atoms with Crippen molar-refractivity contribution in [2.75, 3.05) is 0 Å². The van der Waals surface area contributed by atoms with Crippen LogP contribution in [0.3, 0.4) is 0 Å². The Balaban J connectivity index is 0.000000222. The standard InChI is InChI=1S/C6H6.CHO/c1-2-4-6-5-3-1;1-2/h1-6H;1H/q;+1. The molecule has 0 fully saturated rings. The van der Waals surface area contributed by atoms with Crippen molar-refractivity contribution in [2.24, 2.45) is 0 Å². The normalized spacial score (nSPS) is 6.38. The number of benzene rings is 1. The molecule has 1 aromatic rings. The third-order valence-corrected chi connectivity index (χ3v) is 0.667. The van der Waals surface area contributed by atoms with Gasteiger partial charge in [0.1, 0.15) is 0 Å². The summed E-state index contributed by atoms with van der Waals surface area (Å²) in [6, 6.07) is 12.0. The topological polar surface area (TPSA) is 17.1 Å². The summed E-state index contributed by atoms with van der Waals surface area (Å²) in [6.45, 7) is 3.25. The van der Waals surface area contributed by atoms with E-state index in [0.717, 1.165) is 0 Å². The van der Waals surface area contributed by atoms with Gasteiger partial charge in [0.05, 0.1) is 0 Å². The Bertz CT molecular complexity index is 87.2. The van der Waals surface area contributed by atoms with Gasteiger partial charge in [0.2, 0.25) is 0 Å². The molecule has 0 amide bonds. The van der Waals surface area contributed by atoms with Crippen LogP contribution in [0.25, 0.3) is 0 Å². The van der Waals surface area contributed by atoms with Crippen LogP contribution in [0.5, 0.6) is 0 Å². The number of hydrogen-bond acceptors (Lipinski definition) is 1. The predicted octanol–water partition coefficient (Wildman–Crippen LogP) is 1.41. The average Bonchev–Trinajstić information content (AvgIpc) is 1.96. The zero-order valence-electron chi connectivity index (χ0n) is 4.45. The molecule has 8 heavy (non-hydrogen) atoms. The SMILES string of the molecule is [CH+]=O.c1ccccc1. The van der Waals surface area contributed by atoms with E-state index in [1.807, 2.05) is 36.4 Å². The summed E-state index contributed by atoms with van der Waals surface area (Å²) in [5.41, 5.74) is 0. The fraction of sp³-hybridized carbons (Fsp3) is 0. The molecule has 0 spiro atoms. The first-order valence-electron chi connectivity index (χ1n) is 2.24. The molecule has 0 saturated heterocycles. The Morgan fingerprint density at radius 2 is 0.750 bits per heavy atom. The summed E-state index contributed by atoms with van der Waals surface area (Å²) >= 11 is 0. The maximum absolute atomic E-state index is 7.75. The van der Waals surface area contributed by atoms with Crippen molar-refractivity contribution in [3.05, 3.63) is 36.4 Å². The van der Waals surface area contributed by atoms with Crippen LogP contribution in [0.1, 0.15) is 0 Å². The van der Waals surface area contributed by atoms with Crippen LogP contribution in [-0.4, -0.2) is 6.79 Å². The van der Waals surface area contributed by atoms with E-state index in [4.69, 9.17) is 4.79 Å². The summed E-state index contributed by atoms with van der Waals surface area (Å²) in [5.74, 6) is 0. The maximum atomic E-state index is 7.75.